The number of carbonyl (C=O) groups is 1. The first-order valence-electron chi connectivity index (χ1n) is 10.7. The predicted molar refractivity (Wildman–Crippen MR) is 133 cm³/mol. The van der Waals surface area contributed by atoms with Crippen molar-refractivity contribution >= 4 is 40.1 Å². The molecule has 0 spiro atoms. The third-order valence-corrected chi connectivity index (χ3v) is 6.43. The molecule has 15 heteroatoms. The van der Waals surface area contributed by atoms with E-state index in [1.54, 1.807) is 0 Å². The van der Waals surface area contributed by atoms with Gasteiger partial charge >= 0.3 is 11.9 Å². The molecule has 0 saturated carbocycles. The molecule has 2 aromatic heterocycles. The smallest absolute Gasteiger partial charge is 0.325 e. The van der Waals surface area contributed by atoms with Crippen LogP contribution >= 0.6 is 11.8 Å². The van der Waals surface area contributed by atoms with Crippen molar-refractivity contribution < 1.29 is 22.9 Å². The molecule has 0 atom stereocenters. The van der Waals surface area contributed by atoms with Crippen molar-refractivity contribution in [3.8, 4) is 11.4 Å². The van der Waals surface area contributed by atoms with E-state index in [-0.39, 0.29) is 27.6 Å². The molecule has 4 aromatic rings. The SMILES string of the molecule is Cn1c(=O)c2c(SCC(=O)Nc3ccccc3C(F)(F)F)nc(-c3ccc([N+](=O)[O-])cc3)nc2n(C)c1=O. The maximum Gasteiger partial charge on any atom is 0.418 e. The molecule has 0 aliphatic rings. The van der Waals surface area contributed by atoms with E-state index in [4.69, 9.17) is 0 Å². The Labute approximate surface area is 215 Å². The van der Waals surface area contributed by atoms with Crippen molar-refractivity contribution in [1.82, 2.24) is 19.1 Å². The van der Waals surface area contributed by atoms with Crippen molar-refractivity contribution in [1.29, 1.82) is 0 Å². The lowest BCUT2D eigenvalue weighted by atomic mass is 10.1. The fourth-order valence-electron chi connectivity index (χ4n) is 3.55. The molecule has 0 fully saturated rings. The molecule has 0 aliphatic heterocycles. The van der Waals surface area contributed by atoms with Crippen LogP contribution in [0.1, 0.15) is 5.56 Å². The Kier molecular flexibility index (Phi) is 7.04. The first kappa shape index (κ1) is 26.5. The van der Waals surface area contributed by atoms with Gasteiger partial charge in [0.25, 0.3) is 11.2 Å². The van der Waals surface area contributed by atoms with Gasteiger partial charge in [-0.25, -0.2) is 14.8 Å². The van der Waals surface area contributed by atoms with Gasteiger partial charge in [0.15, 0.2) is 11.5 Å². The van der Waals surface area contributed by atoms with Crippen LogP contribution in [-0.4, -0.2) is 35.7 Å². The number of para-hydroxylation sites is 1. The Morgan fingerprint density at radius 1 is 1.05 bits per heavy atom. The minimum absolute atomic E-state index is 0.00110. The van der Waals surface area contributed by atoms with Gasteiger partial charge < -0.3 is 5.32 Å². The van der Waals surface area contributed by atoms with Crippen LogP contribution in [0.2, 0.25) is 0 Å². The number of carbonyl (C=O) groups excluding carboxylic acids is 1. The number of alkyl halides is 3. The van der Waals surface area contributed by atoms with Crippen LogP contribution in [0.3, 0.4) is 0 Å². The van der Waals surface area contributed by atoms with Crippen LogP contribution in [-0.2, 0) is 25.1 Å². The number of aryl methyl sites for hydroxylation is 1. The summed E-state index contributed by atoms with van der Waals surface area (Å²) in [6.07, 6.45) is -4.68. The van der Waals surface area contributed by atoms with Gasteiger partial charge in [-0.1, -0.05) is 23.9 Å². The average Bonchev–Trinajstić information content (AvgIpc) is 2.88. The van der Waals surface area contributed by atoms with Crippen molar-refractivity contribution in [2.75, 3.05) is 11.1 Å². The predicted octanol–water partition coefficient (Wildman–Crippen LogP) is 3.35. The number of hydrogen-bond donors (Lipinski definition) is 1. The highest BCUT2D eigenvalue weighted by Gasteiger charge is 2.33. The Morgan fingerprint density at radius 2 is 1.71 bits per heavy atom. The van der Waals surface area contributed by atoms with E-state index in [0.717, 1.165) is 33.0 Å². The van der Waals surface area contributed by atoms with Gasteiger partial charge in [-0.05, 0) is 24.3 Å². The van der Waals surface area contributed by atoms with Gasteiger partial charge in [0.2, 0.25) is 5.91 Å². The number of thioether (sulfide) groups is 1. The molecular formula is C23H17F3N6O5S. The molecule has 4 rings (SSSR count). The molecule has 1 N–H and O–H groups in total. The monoisotopic (exact) mass is 546 g/mol. The quantitative estimate of drug-likeness (QED) is 0.168. The number of nitrogens with zero attached hydrogens (tertiary/aromatic N) is 5. The van der Waals surface area contributed by atoms with Crippen molar-refractivity contribution in [3.05, 3.63) is 85.0 Å². The number of nitro benzene ring substituents is 1. The minimum atomic E-state index is -4.68. The number of amides is 1. The van der Waals surface area contributed by atoms with Gasteiger partial charge in [0.1, 0.15) is 10.4 Å². The molecule has 1 amide bonds. The second-order valence-electron chi connectivity index (χ2n) is 7.94. The van der Waals surface area contributed by atoms with E-state index in [0.29, 0.717) is 5.56 Å². The highest BCUT2D eigenvalue weighted by Crippen LogP contribution is 2.35. The number of halogens is 3. The van der Waals surface area contributed by atoms with Crippen LogP contribution in [0, 0.1) is 10.1 Å². The number of fused-ring (bicyclic) bond motifs is 1. The number of nitro groups is 1. The zero-order chi connectivity index (χ0) is 27.8. The van der Waals surface area contributed by atoms with E-state index in [2.05, 4.69) is 15.3 Å². The summed E-state index contributed by atoms with van der Waals surface area (Å²) in [7, 11) is 2.63. The van der Waals surface area contributed by atoms with E-state index >= 15 is 0 Å². The second kappa shape index (κ2) is 10.1. The Morgan fingerprint density at radius 3 is 2.34 bits per heavy atom. The number of non-ortho nitro benzene ring substituents is 1. The fourth-order valence-corrected chi connectivity index (χ4v) is 4.37. The largest absolute Gasteiger partial charge is 0.418 e. The molecule has 11 nitrogen and oxygen atoms in total. The Bertz CT molecular complexity index is 1700. The summed E-state index contributed by atoms with van der Waals surface area (Å²) in [5.41, 5.74) is -2.75. The highest BCUT2D eigenvalue weighted by molar-refractivity contribution is 8.00. The average molecular weight is 546 g/mol. The minimum Gasteiger partial charge on any atom is -0.325 e. The molecule has 0 radical (unpaired) electrons. The molecule has 2 aromatic carbocycles. The van der Waals surface area contributed by atoms with Gasteiger partial charge in [0.05, 0.1) is 21.9 Å². The lowest BCUT2D eigenvalue weighted by Gasteiger charge is -2.14. The second-order valence-corrected chi connectivity index (χ2v) is 8.90. The summed E-state index contributed by atoms with van der Waals surface area (Å²) in [5.74, 6) is -1.21. The zero-order valence-corrected chi connectivity index (χ0v) is 20.5. The number of aromatic nitrogens is 4. The molecule has 0 unspecified atom stereocenters. The first-order valence-corrected chi connectivity index (χ1v) is 11.7. The van der Waals surface area contributed by atoms with E-state index < -0.39 is 45.3 Å². The number of hydrogen-bond acceptors (Lipinski definition) is 8. The number of anilines is 1. The topological polar surface area (TPSA) is 142 Å². The van der Waals surface area contributed by atoms with Gasteiger partial charge in [-0.3, -0.25) is 28.8 Å². The lowest BCUT2D eigenvalue weighted by molar-refractivity contribution is -0.384. The van der Waals surface area contributed by atoms with Crippen LogP contribution in [0.25, 0.3) is 22.4 Å². The molecule has 0 bridgehead atoms. The zero-order valence-electron chi connectivity index (χ0n) is 19.6. The molecule has 0 saturated heterocycles. The summed E-state index contributed by atoms with van der Waals surface area (Å²) in [5, 5.41) is 13.1. The standard InChI is InChI=1S/C23H17F3N6O5S/c1-30-19-17(21(34)31(2)22(30)35)20(29-18(28-19)12-7-9-13(10-8-12)32(36)37)38-11-16(33)27-15-6-4-3-5-14(15)23(24,25)26/h3-10H,11H2,1-2H3,(H,27,33). The third kappa shape index (κ3) is 5.13. The Hall–Kier alpha value is -4.53. The molecule has 2 heterocycles. The third-order valence-electron chi connectivity index (χ3n) is 5.45. The summed E-state index contributed by atoms with van der Waals surface area (Å²) < 4.78 is 41.8. The summed E-state index contributed by atoms with van der Waals surface area (Å²) in [4.78, 5) is 57.1. The van der Waals surface area contributed by atoms with Crippen molar-refractivity contribution in [2.24, 2.45) is 14.1 Å². The van der Waals surface area contributed by atoms with Crippen LogP contribution in [0.4, 0.5) is 24.5 Å². The molecule has 38 heavy (non-hydrogen) atoms. The number of nitrogens with one attached hydrogen (secondary N) is 1. The van der Waals surface area contributed by atoms with Gasteiger partial charge in [-0.15, -0.1) is 0 Å². The van der Waals surface area contributed by atoms with Crippen LogP contribution in [0.5, 0.6) is 0 Å². The lowest BCUT2D eigenvalue weighted by Crippen LogP contribution is -2.37. The number of rotatable bonds is 6. The van der Waals surface area contributed by atoms with Crippen LogP contribution in [0.15, 0.2) is 63.1 Å². The number of benzene rings is 2. The maximum atomic E-state index is 13.3. The maximum absolute atomic E-state index is 13.3. The summed E-state index contributed by atoms with van der Waals surface area (Å²) in [6.45, 7) is 0. The van der Waals surface area contributed by atoms with Gasteiger partial charge in [0, 0.05) is 31.8 Å². The normalized spacial score (nSPS) is 11.5. The van der Waals surface area contributed by atoms with E-state index in [9.17, 15) is 37.7 Å². The summed E-state index contributed by atoms with van der Waals surface area (Å²) >= 11 is 0.764. The molecule has 0 aliphatic carbocycles. The van der Waals surface area contributed by atoms with E-state index in [1.807, 2.05) is 0 Å². The van der Waals surface area contributed by atoms with Crippen molar-refractivity contribution in [2.45, 2.75) is 11.2 Å². The highest BCUT2D eigenvalue weighted by atomic mass is 32.2. The first-order chi connectivity index (χ1) is 17.9. The molecule has 196 valence electrons. The Balaban J connectivity index is 1.74. The summed E-state index contributed by atoms with van der Waals surface area (Å²) in [6, 6.07) is 9.71. The fraction of sp³-hybridized carbons (Fsp3) is 0.174. The van der Waals surface area contributed by atoms with Crippen LogP contribution < -0.4 is 16.6 Å². The van der Waals surface area contributed by atoms with Crippen molar-refractivity contribution in [3.63, 3.8) is 0 Å². The molecular weight excluding hydrogens is 529 g/mol. The van der Waals surface area contributed by atoms with Gasteiger partial charge in [-0.2, -0.15) is 13.2 Å². The van der Waals surface area contributed by atoms with E-state index in [1.165, 1.54) is 50.5 Å².